The van der Waals surface area contributed by atoms with Crippen LogP contribution in [0.5, 0.6) is 0 Å². The Hall–Kier alpha value is -1.49. The van der Waals surface area contributed by atoms with E-state index in [4.69, 9.17) is 22.2 Å². The third-order valence-corrected chi connectivity index (χ3v) is 1.72. The number of alkyl halides is 1. The van der Waals surface area contributed by atoms with Gasteiger partial charge in [-0.15, -0.1) is 11.6 Å². The molecule has 0 unspecified atom stereocenters. The monoisotopic (exact) mass is 229 g/mol. The van der Waals surface area contributed by atoms with E-state index >= 15 is 0 Å². The molecular weight excluding hydrogens is 218 g/mol. The number of halogens is 1. The summed E-state index contributed by atoms with van der Waals surface area (Å²) in [7, 11) is 0. The summed E-state index contributed by atoms with van der Waals surface area (Å²) in [6.45, 7) is 0.368. The molecule has 82 valence electrons. The Morgan fingerprint density at radius 3 is 3.13 bits per heavy atom. The quantitative estimate of drug-likeness (QED) is 0.325. The lowest BCUT2D eigenvalue weighted by molar-refractivity contribution is -0.117. The normalized spacial score (nSPS) is 10.7. The highest BCUT2D eigenvalue weighted by molar-refractivity contribution is 6.17. The number of aromatic amines is 1. The summed E-state index contributed by atoms with van der Waals surface area (Å²) >= 11 is 5.39. The molecule has 0 aromatic carbocycles. The van der Waals surface area contributed by atoms with Gasteiger partial charge in [-0.25, -0.2) is 0 Å². The molecule has 0 aliphatic rings. The molecular formula is C9H12ClN3O2. The predicted octanol–water partition coefficient (Wildman–Crippen LogP) is 0.632. The molecule has 6 heteroatoms. The average molecular weight is 230 g/mol. The maximum Gasteiger partial charge on any atom is 0.223 e. The van der Waals surface area contributed by atoms with Crippen LogP contribution in [0.2, 0.25) is 0 Å². The Morgan fingerprint density at radius 2 is 2.47 bits per heavy atom. The van der Waals surface area contributed by atoms with Crippen LogP contribution in [0.1, 0.15) is 11.4 Å². The lowest BCUT2D eigenvalue weighted by atomic mass is 10.3. The highest BCUT2D eigenvalue weighted by atomic mass is 35.5. The zero-order valence-corrected chi connectivity index (χ0v) is 8.83. The second-order valence-corrected chi connectivity index (χ2v) is 3.22. The number of carbonyl (C=O) groups excluding carboxylic acids is 1. The first-order valence-corrected chi connectivity index (χ1v) is 4.93. The van der Waals surface area contributed by atoms with Crippen molar-refractivity contribution in [1.29, 1.82) is 0 Å². The molecule has 15 heavy (non-hydrogen) atoms. The van der Waals surface area contributed by atoms with E-state index in [-0.39, 0.29) is 12.3 Å². The molecule has 1 heterocycles. The van der Waals surface area contributed by atoms with Gasteiger partial charge in [0.05, 0.1) is 24.2 Å². The summed E-state index contributed by atoms with van der Waals surface area (Å²) in [4.78, 5) is 18.4. The second-order valence-electron chi connectivity index (χ2n) is 2.84. The number of rotatable bonds is 6. The van der Waals surface area contributed by atoms with E-state index in [9.17, 15) is 4.79 Å². The standard InChI is InChI=1S/C9H12ClN3O2/c10-3-4-15-12-6-8-2-1-7(13-8)5-9(11)14/h1-2,6,13H,3-5H2,(H2,11,14). The van der Waals surface area contributed by atoms with Crippen LogP contribution in [0, 0.1) is 0 Å². The summed E-state index contributed by atoms with van der Waals surface area (Å²) in [6.07, 6.45) is 1.70. The minimum atomic E-state index is -0.376. The zero-order chi connectivity index (χ0) is 11.1. The number of oxime groups is 1. The maximum atomic E-state index is 10.6. The van der Waals surface area contributed by atoms with Crippen molar-refractivity contribution >= 4 is 23.7 Å². The fraction of sp³-hybridized carbons (Fsp3) is 0.333. The van der Waals surface area contributed by atoms with E-state index in [1.54, 1.807) is 12.1 Å². The van der Waals surface area contributed by atoms with Crippen molar-refractivity contribution in [2.45, 2.75) is 6.42 Å². The van der Waals surface area contributed by atoms with Crippen LogP contribution in [-0.2, 0) is 16.1 Å². The Labute approximate surface area is 92.2 Å². The topological polar surface area (TPSA) is 80.5 Å². The molecule has 1 aromatic heterocycles. The van der Waals surface area contributed by atoms with Gasteiger partial charge in [-0.3, -0.25) is 4.79 Å². The molecule has 0 bridgehead atoms. The summed E-state index contributed by atoms with van der Waals surface area (Å²) < 4.78 is 0. The van der Waals surface area contributed by atoms with E-state index in [2.05, 4.69) is 10.1 Å². The van der Waals surface area contributed by atoms with Crippen molar-refractivity contribution in [2.75, 3.05) is 12.5 Å². The number of nitrogens with one attached hydrogen (secondary N) is 1. The lowest BCUT2D eigenvalue weighted by Crippen LogP contribution is -2.13. The van der Waals surface area contributed by atoms with Gasteiger partial charge in [0.2, 0.25) is 5.91 Å². The number of primary amides is 1. The van der Waals surface area contributed by atoms with Crippen LogP contribution in [0.25, 0.3) is 0 Å². The van der Waals surface area contributed by atoms with E-state index < -0.39 is 0 Å². The van der Waals surface area contributed by atoms with Crippen molar-refractivity contribution in [3.8, 4) is 0 Å². The molecule has 0 radical (unpaired) electrons. The number of amides is 1. The van der Waals surface area contributed by atoms with Crippen LogP contribution in [0.4, 0.5) is 0 Å². The van der Waals surface area contributed by atoms with Crippen LogP contribution in [0.15, 0.2) is 17.3 Å². The van der Waals surface area contributed by atoms with Gasteiger partial charge < -0.3 is 15.6 Å². The molecule has 0 aliphatic heterocycles. The van der Waals surface area contributed by atoms with Gasteiger partial charge in [-0.1, -0.05) is 5.16 Å². The van der Waals surface area contributed by atoms with Gasteiger partial charge in [0.25, 0.3) is 0 Å². The fourth-order valence-corrected chi connectivity index (χ4v) is 1.08. The Bertz CT molecular complexity index is 349. The summed E-state index contributed by atoms with van der Waals surface area (Å²) in [5.41, 5.74) is 6.54. The van der Waals surface area contributed by atoms with Crippen molar-refractivity contribution in [1.82, 2.24) is 4.98 Å². The predicted molar refractivity (Wildman–Crippen MR) is 58.0 cm³/mol. The van der Waals surface area contributed by atoms with Gasteiger partial charge in [-0.05, 0) is 12.1 Å². The van der Waals surface area contributed by atoms with Crippen LogP contribution < -0.4 is 5.73 Å². The number of carbonyl (C=O) groups is 1. The number of hydrogen-bond acceptors (Lipinski definition) is 3. The molecule has 1 amide bonds. The van der Waals surface area contributed by atoms with Crippen LogP contribution >= 0.6 is 11.6 Å². The molecule has 3 N–H and O–H groups in total. The van der Waals surface area contributed by atoms with Crippen LogP contribution in [0.3, 0.4) is 0 Å². The van der Waals surface area contributed by atoms with E-state index in [1.165, 1.54) is 6.21 Å². The average Bonchev–Trinajstić information content (AvgIpc) is 2.59. The number of nitrogens with two attached hydrogens (primary N) is 1. The fourth-order valence-electron chi connectivity index (χ4n) is 1.01. The van der Waals surface area contributed by atoms with E-state index in [1.807, 2.05) is 0 Å². The lowest BCUT2D eigenvalue weighted by Gasteiger charge is -1.92. The smallest absolute Gasteiger partial charge is 0.223 e. The van der Waals surface area contributed by atoms with Crippen molar-refractivity contribution in [2.24, 2.45) is 10.9 Å². The number of nitrogens with zero attached hydrogens (tertiary/aromatic N) is 1. The Balaban J connectivity index is 2.45. The largest absolute Gasteiger partial charge is 0.394 e. The summed E-state index contributed by atoms with van der Waals surface area (Å²) in [5.74, 6) is 0.0216. The van der Waals surface area contributed by atoms with E-state index in [0.717, 1.165) is 11.4 Å². The molecule has 1 rings (SSSR count). The van der Waals surface area contributed by atoms with Crippen molar-refractivity contribution in [3.63, 3.8) is 0 Å². The molecule has 0 saturated carbocycles. The minimum Gasteiger partial charge on any atom is -0.394 e. The van der Waals surface area contributed by atoms with Gasteiger partial charge in [-0.2, -0.15) is 0 Å². The van der Waals surface area contributed by atoms with Gasteiger partial charge in [0.1, 0.15) is 6.61 Å². The molecule has 5 nitrogen and oxygen atoms in total. The maximum absolute atomic E-state index is 10.6. The summed E-state index contributed by atoms with van der Waals surface area (Å²) in [6, 6.07) is 3.56. The highest BCUT2D eigenvalue weighted by Gasteiger charge is 2.00. The number of aromatic nitrogens is 1. The van der Waals surface area contributed by atoms with Gasteiger partial charge in [0, 0.05) is 5.69 Å². The second kappa shape index (κ2) is 6.08. The van der Waals surface area contributed by atoms with Crippen molar-refractivity contribution < 1.29 is 9.63 Å². The first-order chi connectivity index (χ1) is 7.22. The first-order valence-electron chi connectivity index (χ1n) is 4.40. The molecule has 0 atom stereocenters. The molecule has 0 spiro atoms. The third kappa shape index (κ3) is 4.51. The van der Waals surface area contributed by atoms with Crippen LogP contribution in [-0.4, -0.2) is 29.6 Å². The van der Waals surface area contributed by atoms with Gasteiger partial charge >= 0.3 is 0 Å². The molecule has 0 aliphatic carbocycles. The Kier molecular flexibility index (Phi) is 4.70. The van der Waals surface area contributed by atoms with Gasteiger partial charge in [0.15, 0.2) is 0 Å². The first kappa shape index (κ1) is 11.6. The third-order valence-electron chi connectivity index (χ3n) is 1.57. The van der Waals surface area contributed by atoms with Crippen molar-refractivity contribution in [3.05, 3.63) is 23.5 Å². The van der Waals surface area contributed by atoms with E-state index in [0.29, 0.717) is 12.5 Å². The summed E-state index contributed by atoms with van der Waals surface area (Å²) in [5, 5.41) is 3.67. The number of hydrogen-bond donors (Lipinski definition) is 2. The highest BCUT2D eigenvalue weighted by Crippen LogP contribution is 2.00. The molecule has 1 aromatic rings. The minimum absolute atomic E-state index is 0.191. The zero-order valence-electron chi connectivity index (χ0n) is 8.07. The molecule has 0 fully saturated rings. The molecule has 0 saturated heterocycles. The SMILES string of the molecule is NC(=O)Cc1ccc(C=NOCCCl)[nH]1. The number of H-pyrrole nitrogens is 1. The Morgan fingerprint density at radius 1 is 1.67 bits per heavy atom.